The molecule has 9 heteroatoms. The lowest BCUT2D eigenvalue weighted by molar-refractivity contribution is -0.150. The molecule has 0 aromatic rings. The Balaban J connectivity index is 1.24. The molecule has 0 amide bonds. The molecule has 26 heavy (non-hydrogen) atoms. The van der Waals surface area contributed by atoms with Crippen LogP contribution in [0.15, 0.2) is 12.2 Å². The summed E-state index contributed by atoms with van der Waals surface area (Å²) < 4.78 is 32.5. The molecule has 0 radical (unpaired) electrons. The Kier molecular flexibility index (Phi) is 4.98. The molecule has 0 saturated carbocycles. The number of fused-ring (bicyclic) bond motifs is 2. The van der Waals surface area contributed by atoms with E-state index in [-0.39, 0.29) is 37.9 Å². The third kappa shape index (κ3) is 3.37. The van der Waals surface area contributed by atoms with E-state index < -0.39 is 42.5 Å². The fourth-order valence-corrected chi connectivity index (χ4v) is 3.81. The number of rotatable bonds is 4. The van der Waals surface area contributed by atoms with Crippen molar-refractivity contribution < 1.29 is 43.1 Å². The van der Waals surface area contributed by atoms with Gasteiger partial charge in [0.25, 0.3) is 0 Å². The normalized spacial score (nSPS) is 44.2. The molecule has 0 bridgehead atoms. The van der Waals surface area contributed by atoms with Crippen LogP contribution >= 0.6 is 0 Å². The van der Waals surface area contributed by atoms with Crippen molar-refractivity contribution in [3.63, 3.8) is 0 Å². The fourth-order valence-electron chi connectivity index (χ4n) is 3.81. The van der Waals surface area contributed by atoms with E-state index in [4.69, 9.17) is 28.4 Å². The first-order valence-corrected chi connectivity index (χ1v) is 8.76. The van der Waals surface area contributed by atoms with Crippen LogP contribution in [0.5, 0.6) is 0 Å². The van der Waals surface area contributed by atoms with Gasteiger partial charge in [0.2, 0.25) is 0 Å². The lowest BCUT2D eigenvalue weighted by Crippen LogP contribution is -2.34. The SMILES string of the molecule is C[C@H]1CO[C@H]2[C@@H]1OC[C@@H]2OC(=O)/C=C/C(=O)O[C@H]1CO[C@@H]2C(O)CO[C@H]12. The zero-order valence-corrected chi connectivity index (χ0v) is 14.3. The van der Waals surface area contributed by atoms with E-state index in [9.17, 15) is 14.7 Å². The van der Waals surface area contributed by atoms with Gasteiger partial charge in [-0.15, -0.1) is 0 Å². The fraction of sp³-hybridized carbons (Fsp3) is 0.765. The minimum Gasteiger partial charge on any atom is -0.454 e. The molecule has 0 aromatic heterocycles. The number of hydrogen-bond acceptors (Lipinski definition) is 9. The summed E-state index contributed by atoms with van der Waals surface area (Å²) in [6.45, 7) is 3.18. The van der Waals surface area contributed by atoms with E-state index in [0.29, 0.717) is 6.61 Å². The van der Waals surface area contributed by atoms with Crippen LogP contribution in [-0.2, 0) is 38.0 Å². The molecule has 4 aliphatic heterocycles. The van der Waals surface area contributed by atoms with Gasteiger partial charge in [0.1, 0.15) is 24.4 Å². The molecule has 144 valence electrons. The molecule has 0 aliphatic carbocycles. The zero-order valence-electron chi connectivity index (χ0n) is 14.3. The first kappa shape index (κ1) is 17.9. The number of aliphatic hydroxyl groups excluding tert-OH is 1. The van der Waals surface area contributed by atoms with E-state index in [1.807, 2.05) is 6.92 Å². The quantitative estimate of drug-likeness (QED) is 0.490. The molecule has 1 N–H and O–H groups in total. The van der Waals surface area contributed by atoms with Crippen LogP contribution in [0.4, 0.5) is 0 Å². The molecule has 4 fully saturated rings. The van der Waals surface area contributed by atoms with Crippen LogP contribution in [0.1, 0.15) is 6.92 Å². The molecule has 8 atom stereocenters. The summed E-state index contributed by atoms with van der Waals surface area (Å²) in [5.74, 6) is -1.09. The monoisotopic (exact) mass is 370 g/mol. The van der Waals surface area contributed by atoms with Crippen LogP contribution < -0.4 is 0 Å². The van der Waals surface area contributed by atoms with Gasteiger partial charge in [-0.05, 0) is 0 Å². The topological polar surface area (TPSA) is 110 Å². The smallest absolute Gasteiger partial charge is 0.331 e. The predicted octanol–water partition coefficient (Wildman–Crippen LogP) is -1.04. The first-order valence-electron chi connectivity index (χ1n) is 8.76. The van der Waals surface area contributed by atoms with Gasteiger partial charge < -0.3 is 33.5 Å². The maximum Gasteiger partial charge on any atom is 0.331 e. The molecule has 0 spiro atoms. The second-order valence-electron chi connectivity index (χ2n) is 7.02. The lowest BCUT2D eigenvalue weighted by Gasteiger charge is -2.16. The van der Waals surface area contributed by atoms with Gasteiger partial charge in [-0.25, -0.2) is 9.59 Å². The van der Waals surface area contributed by atoms with Crippen molar-refractivity contribution in [2.24, 2.45) is 5.92 Å². The van der Waals surface area contributed by atoms with Crippen molar-refractivity contribution >= 4 is 11.9 Å². The summed E-state index contributed by atoms with van der Waals surface area (Å²) in [6, 6.07) is 0. The van der Waals surface area contributed by atoms with Crippen molar-refractivity contribution in [2.45, 2.75) is 49.7 Å². The van der Waals surface area contributed by atoms with Gasteiger partial charge >= 0.3 is 11.9 Å². The van der Waals surface area contributed by atoms with Gasteiger partial charge in [-0.1, -0.05) is 6.92 Å². The average molecular weight is 370 g/mol. The molecule has 1 unspecified atom stereocenters. The summed E-state index contributed by atoms with van der Waals surface area (Å²) in [4.78, 5) is 23.8. The zero-order chi connectivity index (χ0) is 18.3. The van der Waals surface area contributed by atoms with Crippen molar-refractivity contribution in [2.75, 3.05) is 26.4 Å². The maximum atomic E-state index is 11.9. The number of ether oxygens (including phenoxy) is 6. The first-order chi connectivity index (χ1) is 12.5. The summed E-state index contributed by atoms with van der Waals surface area (Å²) in [5, 5.41) is 9.66. The van der Waals surface area contributed by atoms with Gasteiger partial charge in [-0.3, -0.25) is 0 Å². The number of aliphatic hydroxyl groups is 1. The largest absolute Gasteiger partial charge is 0.454 e. The molecule has 0 aromatic carbocycles. The van der Waals surface area contributed by atoms with Crippen LogP contribution in [0.25, 0.3) is 0 Å². The van der Waals surface area contributed by atoms with E-state index in [0.717, 1.165) is 12.2 Å². The highest BCUT2D eigenvalue weighted by Crippen LogP contribution is 2.32. The Morgan fingerprint density at radius 1 is 0.808 bits per heavy atom. The Bertz CT molecular complexity index is 541. The average Bonchev–Trinajstić information content (AvgIpc) is 3.35. The highest BCUT2D eigenvalue weighted by atomic mass is 16.6. The van der Waals surface area contributed by atoms with Gasteiger partial charge in [-0.2, -0.15) is 0 Å². The summed E-state index contributed by atoms with van der Waals surface area (Å²) >= 11 is 0. The highest BCUT2D eigenvalue weighted by Gasteiger charge is 2.49. The van der Waals surface area contributed by atoms with E-state index >= 15 is 0 Å². The minimum absolute atomic E-state index is 0.0566. The predicted molar refractivity (Wildman–Crippen MR) is 83.0 cm³/mol. The van der Waals surface area contributed by atoms with Gasteiger partial charge in [0.15, 0.2) is 12.2 Å². The van der Waals surface area contributed by atoms with Gasteiger partial charge in [0, 0.05) is 18.1 Å². The third-order valence-corrected chi connectivity index (χ3v) is 5.13. The van der Waals surface area contributed by atoms with Crippen molar-refractivity contribution in [1.29, 1.82) is 0 Å². The van der Waals surface area contributed by atoms with Crippen molar-refractivity contribution in [3.8, 4) is 0 Å². The van der Waals surface area contributed by atoms with E-state index in [1.165, 1.54) is 0 Å². The molecule has 4 rings (SSSR count). The number of carbonyl (C=O) groups excluding carboxylic acids is 2. The Hall–Kier alpha value is -1.52. The number of hydrogen-bond donors (Lipinski definition) is 1. The van der Waals surface area contributed by atoms with Crippen LogP contribution in [0, 0.1) is 5.92 Å². The van der Waals surface area contributed by atoms with Crippen molar-refractivity contribution in [1.82, 2.24) is 0 Å². The van der Waals surface area contributed by atoms with Crippen molar-refractivity contribution in [3.05, 3.63) is 12.2 Å². The van der Waals surface area contributed by atoms with E-state index in [2.05, 4.69) is 0 Å². The molecular weight excluding hydrogens is 348 g/mol. The molecule has 4 saturated heterocycles. The second-order valence-corrected chi connectivity index (χ2v) is 7.02. The van der Waals surface area contributed by atoms with Crippen LogP contribution in [0.3, 0.4) is 0 Å². The highest BCUT2D eigenvalue weighted by molar-refractivity contribution is 5.91. The second kappa shape index (κ2) is 7.24. The molecule has 9 nitrogen and oxygen atoms in total. The van der Waals surface area contributed by atoms with E-state index in [1.54, 1.807) is 0 Å². The molecule has 4 aliphatic rings. The summed E-state index contributed by atoms with van der Waals surface area (Å²) in [6.07, 6.45) is -1.05. The number of esters is 2. The Morgan fingerprint density at radius 3 is 1.96 bits per heavy atom. The third-order valence-electron chi connectivity index (χ3n) is 5.13. The Morgan fingerprint density at radius 2 is 1.31 bits per heavy atom. The van der Waals surface area contributed by atoms with Crippen LogP contribution in [-0.4, -0.2) is 86.2 Å². The maximum absolute atomic E-state index is 11.9. The molecular formula is C17H22O9. The molecule has 4 heterocycles. The number of carbonyl (C=O) groups is 2. The minimum atomic E-state index is -0.716. The standard InChI is InChI=1S/C17H22O9/c1-8-4-21-16-10(6-23-14(8)16)25-12(19)2-3-13(20)26-11-7-24-15-9(18)5-22-17(11)15/h2-3,8-11,14-18H,4-7H2,1H3/b3-2+/t8-,9?,10-,11-,14+,15+,16+,17+/m0/s1. The Labute approximate surface area is 150 Å². The summed E-state index contributed by atoms with van der Waals surface area (Å²) in [7, 11) is 0. The lowest BCUT2D eigenvalue weighted by atomic mass is 10.0. The summed E-state index contributed by atoms with van der Waals surface area (Å²) in [5.41, 5.74) is 0. The van der Waals surface area contributed by atoms with Gasteiger partial charge in [0.05, 0.1) is 32.5 Å². The van der Waals surface area contributed by atoms with Crippen LogP contribution in [0.2, 0.25) is 0 Å².